The van der Waals surface area contributed by atoms with Crippen molar-refractivity contribution in [1.82, 2.24) is 10.6 Å². The van der Waals surface area contributed by atoms with Crippen LogP contribution in [0.2, 0.25) is 0 Å². The van der Waals surface area contributed by atoms with Gasteiger partial charge in [-0.15, -0.1) is 0 Å². The van der Waals surface area contributed by atoms with Gasteiger partial charge in [0.25, 0.3) is 0 Å². The average Bonchev–Trinajstić information content (AvgIpc) is 2.94. The first-order valence-corrected chi connectivity index (χ1v) is 7.67. The molecule has 0 bridgehead atoms. The molecule has 0 aliphatic rings. The first-order chi connectivity index (χ1) is 9.49. The van der Waals surface area contributed by atoms with E-state index in [9.17, 15) is 14.7 Å². The molecule has 0 fully saturated rings. The van der Waals surface area contributed by atoms with Gasteiger partial charge in [-0.2, -0.15) is 11.3 Å². The second kappa shape index (κ2) is 8.71. The summed E-state index contributed by atoms with van der Waals surface area (Å²) in [6.07, 6.45) is 0.536. The van der Waals surface area contributed by atoms with Crippen LogP contribution < -0.4 is 10.6 Å². The van der Waals surface area contributed by atoms with E-state index in [1.54, 1.807) is 0 Å². The molecule has 0 saturated carbocycles. The van der Waals surface area contributed by atoms with Crippen molar-refractivity contribution in [3.63, 3.8) is 0 Å². The molecule has 20 heavy (non-hydrogen) atoms. The summed E-state index contributed by atoms with van der Waals surface area (Å²) in [4.78, 5) is 23.0. The largest absolute Gasteiger partial charge is 0.387 e. The van der Waals surface area contributed by atoms with Crippen molar-refractivity contribution in [1.29, 1.82) is 0 Å². The number of hydrogen-bond donors (Lipinski definition) is 3. The summed E-state index contributed by atoms with van der Waals surface area (Å²) in [6, 6.07) is 1.81. The molecule has 0 aliphatic heterocycles. The summed E-state index contributed by atoms with van der Waals surface area (Å²) < 4.78 is 0. The molecule has 2 amide bonds. The average molecular weight is 298 g/mol. The molecule has 1 aromatic heterocycles. The normalized spacial score (nSPS) is 12.2. The second-order valence-corrected chi connectivity index (χ2v) is 5.87. The van der Waals surface area contributed by atoms with Crippen molar-refractivity contribution >= 4 is 23.2 Å². The quantitative estimate of drug-likeness (QED) is 0.680. The maximum absolute atomic E-state index is 11.5. The van der Waals surface area contributed by atoms with Crippen LogP contribution in [0.25, 0.3) is 0 Å². The van der Waals surface area contributed by atoms with Crippen LogP contribution in [0.3, 0.4) is 0 Å². The van der Waals surface area contributed by atoms with E-state index in [1.807, 2.05) is 30.7 Å². The molecule has 1 atom stereocenters. The molecular weight excluding hydrogens is 276 g/mol. The number of thiophene rings is 1. The zero-order valence-corrected chi connectivity index (χ0v) is 12.7. The Labute approximate surface area is 123 Å². The van der Waals surface area contributed by atoms with Gasteiger partial charge >= 0.3 is 0 Å². The molecule has 3 N–H and O–H groups in total. The van der Waals surface area contributed by atoms with Gasteiger partial charge in [-0.1, -0.05) is 13.8 Å². The summed E-state index contributed by atoms with van der Waals surface area (Å²) in [5, 5.41) is 18.7. The van der Waals surface area contributed by atoms with Crippen molar-refractivity contribution in [3.05, 3.63) is 22.4 Å². The Kier molecular flexibility index (Phi) is 7.25. The summed E-state index contributed by atoms with van der Waals surface area (Å²) in [5.41, 5.74) is 0.788. The highest BCUT2D eigenvalue weighted by atomic mass is 32.1. The predicted molar refractivity (Wildman–Crippen MR) is 79.4 cm³/mol. The Morgan fingerprint density at radius 2 is 2.05 bits per heavy atom. The topological polar surface area (TPSA) is 78.4 Å². The van der Waals surface area contributed by atoms with Gasteiger partial charge < -0.3 is 15.7 Å². The van der Waals surface area contributed by atoms with E-state index in [2.05, 4.69) is 10.6 Å². The maximum Gasteiger partial charge on any atom is 0.239 e. The molecule has 5 nitrogen and oxygen atoms in total. The highest BCUT2D eigenvalue weighted by Crippen LogP contribution is 2.14. The number of carbonyl (C=O) groups excluding carboxylic acids is 2. The Hall–Kier alpha value is -1.40. The summed E-state index contributed by atoms with van der Waals surface area (Å²) in [5.74, 6) is 0.0553. The third-order valence-electron chi connectivity index (χ3n) is 2.82. The fraction of sp³-hybridized carbons (Fsp3) is 0.571. The third-order valence-corrected chi connectivity index (χ3v) is 3.52. The van der Waals surface area contributed by atoms with Crippen LogP contribution in [0.5, 0.6) is 0 Å². The molecule has 0 radical (unpaired) electrons. The fourth-order valence-electron chi connectivity index (χ4n) is 1.54. The Morgan fingerprint density at radius 3 is 2.65 bits per heavy atom. The SMILES string of the molecule is CC(C)CCC(=O)NCC(=O)NCC(O)c1ccsc1. The van der Waals surface area contributed by atoms with Crippen LogP contribution in [0.1, 0.15) is 38.4 Å². The number of nitrogens with one attached hydrogen (secondary N) is 2. The monoisotopic (exact) mass is 298 g/mol. The first-order valence-electron chi connectivity index (χ1n) is 6.72. The number of aliphatic hydroxyl groups is 1. The summed E-state index contributed by atoms with van der Waals surface area (Å²) >= 11 is 1.49. The highest BCUT2D eigenvalue weighted by Gasteiger charge is 2.10. The molecular formula is C14H22N2O3S. The van der Waals surface area contributed by atoms with E-state index < -0.39 is 6.10 Å². The van der Waals surface area contributed by atoms with Crippen molar-refractivity contribution in [3.8, 4) is 0 Å². The van der Waals surface area contributed by atoms with Crippen LogP contribution in [-0.2, 0) is 9.59 Å². The van der Waals surface area contributed by atoms with Gasteiger partial charge in [-0.05, 0) is 34.7 Å². The zero-order chi connectivity index (χ0) is 15.0. The van der Waals surface area contributed by atoms with Crippen LogP contribution in [-0.4, -0.2) is 30.0 Å². The lowest BCUT2D eigenvalue weighted by Gasteiger charge is -2.11. The Morgan fingerprint density at radius 1 is 1.30 bits per heavy atom. The first kappa shape index (κ1) is 16.7. The van der Waals surface area contributed by atoms with Crippen LogP contribution >= 0.6 is 11.3 Å². The van der Waals surface area contributed by atoms with E-state index in [1.165, 1.54) is 11.3 Å². The van der Waals surface area contributed by atoms with Gasteiger partial charge in [0.05, 0.1) is 12.6 Å². The smallest absolute Gasteiger partial charge is 0.239 e. The van der Waals surface area contributed by atoms with Crippen molar-refractivity contribution in [2.75, 3.05) is 13.1 Å². The van der Waals surface area contributed by atoms with E-state index in [0.29, 0.717) is 12.3 Å². The van der Waals surface area contributed by atoms with Crippen molar-refractivity contribution in [2.45, 2.75) is 32.8 Å². The van der Waals surface area contributed by atoms with E-state index in [4.69, 9.17) is 0 Å². The van der Waals surface area contributed by atoms with Crippen LogP contribution in [0, 0.1) is 5.92 Å². The summed E-state index contributed by atoms with van der Waals surface area (Å²) in [6.45, 7) is 4.20. The molecule has 112 valence electrons. The lowest BCUT2D eigenvalue weighted by molar-refractivity contribution is -0.126. The van der Waals surface area contributed by atoms with Gasteiger partial charge in [-0.25, -0.2) is 0 Å². The van der Waals surface area contributed by atoms with Gasteiger partial charge in [0, 0.05) is 13.0 Å². The molecule has 0 aliphatic carbocycles. The predicted octanol–water partition coefficient (Wildman–Crippen LogP) is 1.45. The minimum Gasteiger partial charge on any atom is -0.387 e. The van der Waals surface area contributed by atoms with Gasteiger partial charge in [-0.3, -0.25) is 9.59 Å². The molecule has 1 heterocycles. The molecule has 1 rings (SSSR count). The molecule has 0 aromatic carbocycles. The number of hydrogen-bond acceptors (Lipinski definition) is 4. The van der Waals surface area contributed by atoms with Crippen molar-refractivity contribution in [2.24, 2.45) is 5.92 Å². The number of amides is 2. The highest BCUT2D eigenvalue weighted by molar-refractivity contribution is 7.07. The van der Waals surface area contributed by atoms with E-state index in [-0.39, 0.29) is 24.9 Å². The lowest BCUT2D eigenvalue weighted by Crippen LogP contribution is -2.38. The molecule has 0 spiro atoms. The van der Waals surface area contributed by atoms with Crippen LogP contribution in [0.15, 0.2) is 16.8 Å². The van der Waals surface area contributed by atoms with Gasteiger partial charge in [0.15, 0.2) is 0 Å². The zero-order valence-electron chi connectivity index (χ0n) is 11.9. The standard InChI is InChI=1S/C14H22N2O3S/c1-10(2)3-4-13(18)16-8-14(19)15-7-12(17)11-5-6-20-9-11/h5-6,9-10,12,17H,3-4,7-8H2,1-2H3,(H,15,19)(H,16,18). The second-order valence-electron chi connectivity index (χ2n) is 5.09. The molecule has 0 saturated heterocycles. The Balaban J connectivity index is 2.16. The molecule has 1 unspecified atom stereocenters. The minimum absolute atomic E-state index is 0.0483. The minimum atomic E-state index is -0.707. The lowest BCUT2D eigenvalue weighted by atomic mass is 10.1. The summed E-state index contributed by atoms with van der Waals surface area (Å²) in [7, 11) is 0. The fourth-order valence-corrected chi connectivity index (χ4v) is 2.25. The molecule has 1 aromatic rings. The van der Waals surface area contributed by atoms with Gasteiger partial charge in [0.1, 0.15) is 0 Å². The Bertz CT molecular complexity index is 418. The number of rotatable bonds is 8. The third kappa shape index (κ3) is 6.68. The van der Waals surface area contributed by atoms with Gasteiger partial charge in [0.2, 0.25) is 11.8 Å². The number of carbonyl (C=O) groups is 2. The van der Waals surface area contributed by atoms with E-state index >= 15 is 0 Å². The van der Waals surface area contributed by atoms with Crippen molar-refractivity contribution < 1.29 is 14.7 Å². The van der Waals surface area contributed by atoms with Crippen LogP contribution in [0.4, 0.5) is 0 Å². The number of aliphatic hydroxyl groups excluding tert-OH is 1. The van der Waals surface area contributed by atoms with E-state index in [0.717, 1.165) is 12.0 Å². The molecule has 6 heteroatoms. The maximum atomic E-state index is 11.5.